The van der Waals surface area contributed by atoms with Crippen LogP contribution in [0.3, 0.4) is 0 Å². The smallest absolute Gasteiger partial charge is 0.132 e. The van der Waals surface area contributed by atoms with E-state index < -0.39 is 0 Å². The average Bonchev–Trinajstić information content (AvgIpc) is 1.69. The molecule has 1 fully saturated rings. The van der Waals surface area contributed by atoms with Crippen molar-refractivity contribution in [1.82, 2.24) is 0 Å². The number of ketones is 1. The van der Waals surface area contributed by atoms with Gasteiger partial charge in [0.15, 0.2) is 0 Å². The van der Waals surface area contributed by atoms with E-state index in [0.717, 1.165) is 25.7 Å². The minimum atomic E-state index is 0. The van der Waals surface area contributed by atoms with Crippen molar-refractivity contribution in [3.05, 3.63) is 0 Å². The van der Waals surface area contributed by atoms with Crippen LogP contribution in [-0.2, 0) is 4.79 Å². The lowest BCUT2D eigenvalue weighted by molar-refractivity contribution is -0.120. The van der Waals surface area contributed by atoms with E-state index in [1.807, 2.05) is 0 Å². The summed E-state index contributed by atoms with van der Waals surface area (Å²) in [6, 6.07) is 0. The molecule has 1 rings (SSSR count). The Balaban J connectivity index is 0.000000490. The second-order valence-corrected chi connectivity index (χ2v) is 2.10. The molecular formula is C6H11ClO. The Hall–Kier alpha value is -0.0400. The molecule has 1 aliphatic carbocycles. The van der Waals surface area contributed by atoms with Gasteiger partial charge in [-0.2, -0.15) is 0 Å². The van der Waals surface area contributed by atoms with Crippen LogP contribution in [0, 0.1) is 0 Å². The van der Waals surface area contributed by atoms with Crippen LogP contribution in [-0.4, -0.2) is 5.78 Å². The largest absolute Gasteiger partial charge is 0.300 e. The zero-order valence-corrected chi connectivity index (χ0v) is 5.67. The van der Waals surface area contributed by atoms with Crippen LogP contribution in [0.25, 0.3) is 0 Å². The van der Waals surface area contributed by atoms with Crippen LogP contribution < -0.4 is 0 Å². The number of carbonyl (C=O) groups is 1. The summed E-state index contributed by atoms with van der Waals surface area (Å²) in [5.74, 6) is 0.464. The number of carbonyl (C=O) groups excluding carboxylic acids is 1. The maximum absolute atomic E-state index is 10.5. The maximum atomic E-state index is 10.5. The van der Waals surface area contributed by atoms with Gasteiger partial charge in [-0.15, -0.1) is 12.4 Å². The van der Waals surface area contributed by atoms with Gasteiger partial charge in [-0.3, -0.25) is 4.79 Å². The van der Waals surface area contributed by atoms with E-state index >= 15 is 0 Å². The zero-order valence-electron chi connectivity index (χ0n) is 4.85. The van der Waals surface area contributed by atoms with Crippen molar-refractivity contribution in [2.24, 2.45) is 0 Å². The third kappa shape index (κ3) is 2.31. The van der Waals surface area contributed by atoms with Gasteiger partial charge in [-0.25, -0.2) is 0 Å². The first-order valence-corrected chi connectivity index (χ1v) is 2.91. The predicted octanol–water partition coefficient (Wildman–Crippen LogP) is 1.94. The highest BCUT2D eigenvalue weighted by molar-refractivity contribution is 5.85. The molecule has 0 aliphatic heterocycles. The highest BCUT2D eigenvalue weighted by Crippen LogP contribution is 2.12. The fourth-order valence-corrected chi connectivity index (χ4v) is 0.946. The molecule has 8 heavy (non-hydrogen) atoms. The van der Waals surface area contributed by atoms with Crippen LogP contribution in [0.1, 0.15) is 32.1 Å². The number of hydrogen-bond acceptors (Lipinski definition) is 1. The van der Waals surface area contributed by atoms with Gasteiger partial charge in [-0.05, 0) is 12.8 Å². The lowest BCUT2D eigenvalue weighted by Crippen LogP contribution is -2.02. The van der Waals surface area contributed by atoms with Crippen LogP contribution in [0.15, 0.2) is 0 Å². The third-order valence-electron chi connectivity index (χ3n) is 1.41. The van der Waals surface area contributed by atoms with Crippen molar-refractivity contribution in [2.75, 3.05) is 0 Å². The van der Waals surface area contributed by atoms with E-state index in [4.69, 9.17) is 0 Å². The molecule has 0 radical (unpaired) electrons. The first-order valence-electron chi connectivity index (χ1n) is 2.91. The van der Waals surface area contributed by atoms with Crippen molar-refractivity contribution < 1.29 is 4.79 Å². The summed E-state index contributed by atoms with van der Waals surface area (Å²) in [6.45, 7) is 0. The van der Waals surface area contributed by atoms with Crippen LogP contribution >= 0.6 is 12.4 Å². The molecule has 0 bridgehead atoms. The van der Waals surface area contributed by atoms with Crippen molar-refractivity contribution in [1.29, 1.82) is 0 Å². The molecule has 0 amide bonds. The number of halogens is 1. The van der Waals surface area contributed by atoms with E-state index in [9.17, 15) is 4.79 Å². The number of rotatable bonds is 0. The van der Waals surface area contributed by atoms with Gasteiger partial charge < -0.3 is 0 Å². The Morgan fingerprint density at radius 3 is 1.75 bits per heavy atom. The molecule has 0 heterocycles. The fraction of sp³-hybridized carbons (Fsp3) is 0.833. The summed E-state index contributed by atoms with van der Waals surface area (Å²) >= 11 is 0. The standard InChI is InChI=1S/C6H10O.ClH/c7-6-4-2-1-3-5-6;/h1-5H2;1H. The lowest BCUT2D eigenvalue weighted by Gasteiger charge is -2.05. The monoisotopic (exact) mass is 134 g/mol. The van der Waals surface area contributed by atoms with Crippen LogP contribution in [0.4, 0.5) is 0 Å². The highest BCUT2D eigenvalue weighted by atomic mass is 35.5. The van der Waals surface area contributed by atoms with Gasteiger partial charge in [0.05, 0.1) is 0 Å². The molecule has 0 saturated heterocycles. The second kappa shape index (κ2) is 3.90. The van der Waals surface area contributed by atoms with Crippen LogP contribution in [0.2, 0.25) is 0 Å². The first-order chi connectivity index (χ1) is 3.39. The van der Waals surface area contributed by atoms with Gasteiger partial charge in [0.25, 0.3) is 0 Å². The highest BCUT2D eigenvalue weighted by Gasteiger charge is 2.05. The van der Waals surface area contributed by atoms with Gasteiger partial charge in [0.1, 0.15) is 5.78 Å². The normalized spacial score (nSPS) is 19.8. The van der Waals surface area contributed by atoms with E-state index in [-0.39, 0.29) is 12.4 Å². The van der Waals surface area contributed by atoms with Crippen molar-refractivity contribution in [2.45, 2.75) is 32.1 Å². The Morgan fingerprint density at radius 1 is 1.00 bits per heavy atom. The molecule has 48 valence electrons. The molecule has 2 heteroatoms. The SMILES string of the molecule is Cl.O=C1CCCCC1. The van der Waals surface area contributed by atoms with E-state index in [1.54, 1.807) is 0 Å². The maximum Gasteiger partial charge on any atom is 0.132 e. The summed E-state index contributed by atoms with van der Waals surface area (Å²) in [4.78, 5) is 10.5. The third-order valence-corrected chi connectivity index (χ3v) is 1.41. The van der Waals surface area contributed by atoms with Crippen molar-refractivity contribution in [3.8, 4) is 0 Å². The molecule has 0 N–H and O–H groups in total. The molecule has 0 spiro atoms. The molecular weight excluding hydrogens is 124 g/mol. The average molecular weight is 135 g/mol. The summed E-state index contributed by atoms with van der Waals surface area (Å²) in [6.07, 6.45) is 5.24. The van der Waals surface area contributed by atoms with E-state index in [0.29, 0.717) is 5.78 Å². The number of hydrogen-bond donors (Lipinski definition) is 0. The van der Waals surface area contributed by atoms with Gasteiger partial charge in [0, 0.05) is 12.8 Å². The Bertz CT molecular complexity index is 72.6. The molecule has 0 atom stereocenters. The summed E-state index contributed by atoms with van der Waals surface area (Å²) in [5, 5.41) is 0. The number of Topliss-reactive ketones (excluding diaryl/α,β-unsaturated/α-hetero) is 1. The Kier molecular flexibility index (Phi) is 3.88. The van der Waals surface area contributed by atoms with E-state index in [1.165, 1.54) is 6.42 Å². The summed E-state index contributed by atoms with van der Waals surface area (Å²) in [5.41, 5.74) is 0. The minimum Gasteiger partial charge on any atom is -0.300 e. The summed E-state index contributed by atoms with van der Waals surface area (Å²) < 4.78 is 0. The Labute approximate surface area is 55.9 Å². The van der Waals surface area contributed by atoms with E-state index in [2.05, 4.69) is 0 Å². The lowest BCUT2D eigenvalue weighted by atomic mass is 10.00. The van der Waals surface area contributed by atoms with Crippen molar-refractivity contribution >= 4 is 18.2 Å². The predicted molar refractivity (Wildman–Crippen MR) is 35.3 cm³/mol. The molecule has 0 aromatic carbocycles. The molecule has 1 saturated carbocycles. The molecule has 0 aromatic heterocycles. The summed E-state index contributed by atoms with van der Waals surface area (Å²) in [7, 11) is 0. The molecule has 1 aliphatic rings. The molecule has 1 nitrogen and oxygen atoms in total. The molecule has 0 aromatic rings. The Morgan fingerprint density at radius 2 is 1.50 bits per heavy atom. The zero-order chi connectivity index (χ0) is 5.11. The topological polar surface area (TPSA) is 17.1 Å². The second-order valence-electron chi connectivity index (χ2n) is 2.10. The fourth-order valence-electron chi connectivity index (χ4n) is 0.946. The quantitative estimate of drug-likeness (QED) is 0.495. The van der Waals surface area contributed by atoms with Gasteiger partial charge in [0.2, 0.25) is 0 Å². The first kappa shape index (κ1) is 7.96. The van der Waals surface area contributed by atoms with Crippen LogP contribution in [0.5, 0.6) is 0 Å². The minimum absolute atomic E-state index is 0. The molecule has 0 unspecified atom stereocenters. The van der Waals surface area contributed by atoms with Gasteiger partial charge >= 0.3 is 0 Å². The van der Waals surface area contributed by atoms with Crippen molar-refractivity contribution in [3.63, 3.8) is 0 Å². The van der Waals surface area contributed by atoms with Gasteiger partial charge in [-0.1, -0.05) is 6.42 Å².